The molecule has 1 aromatic carbocycles. The van der Waals surface area contributed by atoms with Crippen LogP contribution in [0.5, 0.6) is 0 Å². The Morgan fingerprint density at radius 1 is 1.47 bits per heavy atom. The summed E-state index contributed by atoms with van der Waals surface area (Å²) in [4.78, 5) is 15.7. The summed E-state index contributed by atoms with van der Waals surface area (Å²) in [5.41, 5.74) is 3.20. The van der Waals surface area contributed by atoms with Gasteiger partial charge in [-0.05, 0) is 18.2 Å². The highest BCUT2D eigenvalue weighted by Gasteiger charge is 2.23. The standard InChI is InChI=1S/C12H11ClN2O2/c13-7-1-2-10-8(5-7)9-6-15(12(16)17)4-3-11(9)14-10/h1-2,5,14H,3-4,6H2,(H,16,17). The van der Waals surface area contributed by atoms with Gasteiger partial charge in [-0.25, -0.2) is 4.79 Å². The molecule has 2 N–H and O–H groups in total. The Kier molecular flexibility index (Phi) is 2.26. The van der Waals surface area contributed by atoms with E-state index < -0.39 is 6.09 Å². The van der Waals surface area contributed by atoms with Gasteiger partial charge < -0.3 is 15.0 Å². The van der Waals surface area contributed by atoms with Gasteiger partial charge in [0.15, 0.2) is 0 Å². The minimum atomic E-state index is -0.868. The van der Waals surface area contributed by atoms with Crippen LogP contribution < -0.4 is 0 Å². The second kappa shape index (κ2) is 3.67. The van der Waals surface area contributed by atoms with Crippen molar-refractivity contribution < 1.29 is 9.90 Å². The van der Waals surface area contributed by atoms with Crippen LogP contribution in [0.3, 0.4) is 0 Å². The first-order valence-corrected chi connectivity index (χ1v) is 5.80. The second-order valence-electron chi connectivity index (χ2n) is 4.23. The summed E-state index contributed by atoms with van der Waals surface area (Å²) in [6.45, 7) is 0.980. The molecule has 1 amide bonds. The molecule has 0 unspecified atom stereocenters. The molecule has 2 aromatic rings. The molecule has 0 fully saturated rings. The fourth-order valence-corrected chi connectivity index (χ4v) is 2.52. The van der Waals surface area contributed by atoms with Crippen LogP contribution in [0.25, 0.3) is 10.9 Å². The highest BCUT2D eigenvalue weighted by atomic mass is 35.5. The van der Waals surface area contributed by atoms with Gasteiger partial charge in [0, 0.05) is 40.1 Å². The number of halogens is 1. The van der Waals surface area contributed by atoms with Crippen molar-refractivity contribution in [3.05, 3.63) is 34.5 Å². The van der Waals surface area contributed by atoms with Gasteiger partial charge in [-0.1, -0.05) is 11.6 Å². The summed E-state index contributed by atoms with van der Waals surface area (Å²) in [5, 5.41) is 10.7. The van der Waals surface area contributed by atoms with E-state index in [-0.39, 0.29) is 0 Å². The van der Waals surface area contributed by atoms with Gasteiger partial charge in [-0.3, -0.25) is 0 Å². The lowest BCUT2D eigenvalue weighted by Gasteiger charge is -2.24. The Morgan fingerprint density at radius 2 is 2.29 bits per heavy atom. The lowest BCUT2D eigenvalue weighted by Crippen LogP contribution is -2.34. The molecule has 1 aliphatic heterocycles. The van der Waals surface area contributed by atoms with Crippen molar-refractivity contribution in [1.29, 1.82) is 0 Å². The molecule has 0 atom stereocenters. The van der Waals surface area contributed by atoms with Crippen LogP contribution in [0.2, 0.25) is 5.02 Å². The molecule has 4 nitrogen and oxygen atoms in total. The van der Waals surface area contributed by atoms with Crippen LogP contribution in [0, 0.1) is 0 Å². The maximum absolute atomic E-state index is 11.0. The van der Waals surface area contributed by atoms with Gasteiger partial charge in [0.25, 0.3) is 0 Å². The Labute approximate surface area is 103 Å². The number of hydrogen-bond donors (Lipinski definition) is 2. The van der Waals surface area contributed by atoms with E-state index in [1.807, 2.05) is 18.2 Å². The van der Waals surface area contributed by atoms with E-state index in [2.05, 4.69) is 4.98 Å². The average molecular weight is 251 g/mol. The predicted molar refractivity (Wildman–Crippen MR) is 65.4 cm³/mol. The molecule has 5 heteroatoms. The molecule has 1 aromatic heterocycles. The van der Waals surface area contributed by atoms with Crippen molar-refractivity contribution >= 4 is 28.6 Å². The van der Waals surface area contributed by atoms with Crippen molar-refractivity contribution in [2.75, 3.05) is 6.54 Å². The normalized spacial score (nSPS) is 15.0. The van der Waals surface area contributed by atoms with Crippen LogP contribution in [0.4, 0.5) is 4.79 Å². The van der Waals surface area contributed by atoms with Crippen LogP contribution in [0.15, 0.2) is 18.2 Å². The maximum Gasteiger partial charge on any atom is 0.407 e. The number of aromatic nitrogens is 1. The fraction of sp³-hybridized carbons (Fsp3) is 0.250. The number of amides is 1. The number of rotatable bonds is 0. The van der Waals surface area contributed by atoms with Gasteiger partial charge in [0.05, 0.1) is 6.54 Å². The number of hydrogen-bond acceptors (Lipinski definition) is 1. The molecule has 2 heterocycles. The van der Waals surface area contributed by atoms with Crippen molar-refractivity contribution in [3.8, 4) is 0 Å². The van der Waals surface area contributed by atoms with Gasteiger partial charge in [-0.15, -0.1) is 0 Å². The third-order valence-corrected chi connectivity index (χ3v) is 3.44. The number of benzene rings is 1. The van der Waals surface area contributed by atoms with E-state index in [1.165, 1.54) is 4.90 Å². The van der Waals surface area contributed by atoms with E-state index >= 15 is 0 Å². The maximum atomic E-state index is 11.0. The molecule has 0 aliphatic carbocycles. The number of fused-ring (bicyclic) bond motifs is 3. The molecule has 17 heavy (non-hydrogen) atoms. The average Bonchev–Trinajstić information content (AvgIpc) is 2.66. The Hall–Kier alpha value is -1.68. The van der Waals surface area contributed by atoms with E-state index in [1.54, 1.807) is 0 Å². The van der Waals surface area contributed by atoms with E-state index in [9.17, 15) is 4.79 Å². The van der Waals surface area contributed by atoms with Crippen LogP contribution >= 0.6 is 11.6 Å². The second-order valence-corrected chi connectivity index (χ2v) is 4.66. The number of aromatic amines is 1. The minimum Gasteiger partial charge on any atom is -0.465 e. The van der Waals surface area contributed by atoms with Crippen LogP contribution in [-0.4, -0.2) is 27.6 Å². The van der Waals surface area contributed by atoms with Crippen molar-refractivity contribution in [3.63, 3.8) is 0 Å². The van der Waals surface area contributed by atoms with E-state index in [4.69, 9.17) is 16.7 Å². The first kappa shape index (κ1) is 10.5. The number of nitrogens with one attached hydrogen (secondary N) is 1. The number of nitrogens with zero attached hydrogens (tertiary/aromatic N) is 1. The third-order valence-electron chi connectivity index (χ3n) is 3.21. The van der Waals surface area contributed by atoms with Crippen LogP contribution in [0.1, 0.15) is 11.3 Å². The quantitative estimate of drug-likeness (QED) is 0.755. The first-order chi connectivity index (χ1) is 8.15. The minimum absolute atomic E-state index is 0.436. The molecule has 0 bridgehead atoms. The molecule has 3 rings (SSSR count). The van der Waals surface area contributed by atoms with Crippen molar-refractivity contribution in [1.82, 2.24) is 9.88 Å². The first-order valence-electron chi connectivity index (χ1n) is 5.42. The van der Waals surface area contributed by atoms with E-state index in [0.717, 1.165) is 28.6 Å². The number of H-pyrrole nitrogens is 1. The highest BCUT2D eigenvalue weighted by Crippen LogP contribution is 2.29. The smallest absolute Gasteiger partial charge is 0.407 e. The van der Waals surface area contributed by atoms with Gasteiger partial charge >= 0.3 is 6.09 Å². The Bertz CT molecular complexity index is 606. The van der Waals surface area contributed by atoms with E-state index in [0.29, 0.717) is 18.1 Å². The lowest BCUT2D eigenvalue weighted by atomic mass is 10.1. The monoisotopic (exact) mass is 250 g/mol. The fourth-order valence-electron chi connectivity index (χ4n) is 2.35. The zero-order valence-corrected chi connectivity index (χ0v) is 9.79. The molecular formula is C12H11ClN2O2. The third kappa shape index (κ3) is 1.65. The summed E-state index contributed by atoms with van der Waals surface area (Å²) < 4.78 is 0. The molecule has 0 saturated heterocycles. The summed E-state index contributed by atoms with van der Waals surface area (Å²) >= 11 is 5.97. The molecule has 0 radical (unpaired) electrons. The Balaban J connectivity index is 2.13. The summed E-state index contributed by atoms with van der Waals surface area (Å²) in [5.74, 6) is 0. The zero-order valence-electron chi connectivity index (χ0n) is 9.03. The van der Waals surface area contributed by atoms with Crippen molar-refractivity contribution in [2.45, 2.75) is 13.0 Å². The van der Waals surface area contributed by atoms with Gasteiger partial charge in [-0.2, -0.15) is 0 Å². The molecule has 1 aliphatic rings. The molecule has 0 spiro atoms. The van der Waals surface area contributed by atoms with Crippen LogP contribution in [-0.2, 0) is 13.0 Å². The predicted octanol–water partition coefficient (Wildman–Crippen LogP) is 2.86. The summed E-state index contributed by atoms with van der Waals surface area (Å²) in [7, 11) is 0. The highest BCUT2D eigenvalue weighted by molar-refractivity contribution is 6.31. The lowest BCUT2D eigenvalue weighted by molar-refractivity contribution is 0.140. The number of carboxylic acid groups (broad SMARTS) is 1. The summed E-state index contributed by atoms with van der Waals surface area (Å²) in [6, 6.07) is 5.65. The number of carbonyl (C=O) groups is 1. The summed E-state index contributed by atoms with van der Waals surface area (Å²) in [6.07, 6.45) is -0.138. The van der Waals surface area contributed by atoms with Crippen molar-refractivity contribution in [2.24, 2.45) is 0 Å². The molecule has 88 valence electrons. The van der Waals surface area contributed by atoms with Gasteiger partial charge in [0.2, 0.25) is 0 Å². The zero-order chi connectivity index (χ0) is 12.0. The SMILES string of the molecule is O=C(O)N1CCc2[nH]c3ccc(Cl)cc3c2C1. The molecular weight excluding hydrogens is 240 g/mol. The Morgan fingerprint density at radius 3 is 3.06 bits per heavy atom. The van der Waals surface area contributed by atoms with Gasteiger partial charge in [0.1, 0.15) is 0 Å². The molecule has 0 saturated carbocycles. The largest absolute Gasteiger partial charge is 0.465 e. The topological polar surface area (TPSA) is 56.3 Å².